The number of thiazole rings is 2. The van der Waals surface area contributed by atoms with E-state index >= 15 is 0 Å². The van der Waals surface area contributed by atoms with E-state index in [0.717, 1.165) is 53.3 Å². The van der Waals surface area contributed by atoms with Crippen LogP contribution in [0.3, 0.4) is 0 Å². The van der Waals surface area contributed by atoms with Crippen LogP contribution in [-0.2, 0) is 24.1 Å². The van der Waals surface area contributed by atoms with Crippen molar-refractivity contribution in [1.29, 1.82) is 0 Å². The van der Waals surface area contributed by atoms with E-state index in [1.165, 1.54) is 68.5 Å². The molecule has 0 aromatic carbocycles. The molecule has 2 saturated carbocycles. The standard InChI is InChI=1S/C26H37N3O2S2/c1-18-27-17-23(32-18)16-21(30)15-20-7-5-19(6-8-20)9-12-29-13-10-24-25(11-14-29)33-26(28-24)31-22-3-2-4-22/h17,19-20,22H,2-16H2,1H3. The van der Waals surface area contributed by atoms with Crippen LogP contribution in [0.5, 0.6) is 5.19 Å². The number of fused-ring (bicyclic) bond motifs is 1. The summed E-state index contributed by atoms with van der Waals surface area (Å²) in [6.45, 7) is 5.49. The summed E-state index contributed by atoms with van der Waals surface area (Å²) in [6.07, 6.45) is 15.9. The molecule has 3 aliphatic rings. The van der Waals surface area contributed by atoms with Gasteiger partial charge in [0.15, 0.2) is 0 Å². The largest absolute Gasteiger partial charge is 0.467 e. The Kier molecular flexibility index (Phi) is 7.78. The van der Waals surface area contributed by atoms with E-state index < -0.39 is 0 Å². The van der Waals surface area contributed by atoms with E-state index in [4.69, 9.17) is 9.72 Å². The Balaban J connectivity index is 0.991. The lowest BCUT2D eigenvalue weighted by Crippen LogP contribution is -2.30. The van der Waals surface area contributed by atoms with Gasteiger partial charge in [0, 0.05) is 48.3 Å². The van der Waals surface area contributed by atoms with Gasteiger partial charge in [0.05, 0.1) is 10.7 Å². The van der Waals surface area contributed by atoms with Gasteiger partial charge in [0.1, 0.15) is 11.9 Å². The Hall–Kier alpha value is -1.31. The minimum Gasteiger partial charge on any atom is -0.467 e. The predicted molar refractivity (Wildman–Crippen MR) is 134 cm³/mol. The van der Waals surface area contributed by atoms with Gasteiger partial charge in [-0.25, -0.2) is 9.97 Å². The Labute approximate surface area is 206 Å². The summed E-state index contributed by atoms with van der Waals surface area (Å²) in [6, 6.07) is 0. The summed E-state index contributed by atoms with van der Waals surface area (Å²) >= 11 is 3.45. The minimum atomic E-state index is 0.397. The lowest BCUT2D eigenvalue weighted by molar-refractivity contribution is -0.119. The zero-order valence-corrected chi connectivity index (χ0v) is 21.5. The number of aromatic nitrogens is 2. The molecule has 2 aromatic heterocycles. The lowest BCUT2D eigenvalue weighted by atomic mass is 9.78. The number of Topliss-reactive ketones (excluding diaryl/α,β-unsaturated/α-hetero) is 1. The highest BCUT2D eigenvalue weighted by Crippen LogP contribution is 2.34. The number of hydrogen-bond acceptors (Lipinski definition) is 7. The highest BCUT2D eigenvalue weighted by Gasteiger charge is 2.26. The molecule has 0 N–H and O–H groups in total. The summed E-state index contributed by atoms with van der Waals surface area (Å²) < 4.78 is 6.03. The molecule has 2 aromatic rings. The van der Waals surface area contributed by atoms with Crippen molar-refractivity contribution in [3.05, 3.63) is 26.7 Å². The lowest BCUT2D eigenvalue weighted by Gasteiger charge is -2.30. The van der Waals surface area contributed by atoms with Gasteiger partial charge in [-0.05, 0) is 70.3 Å². The number of carbonyl (C=O) groups excluding carboxylic acids is 1. The average molecular weight is 488 g/mol. The molecular weight excluding hydrogens is 450 g/mol. The summed E-state index contributed by atoms with van der Waals surface area (Å²) in [5, 5.41) is 1.97. The fourth-order valence-corrected chi connectivity index (χ4v) is 7.29. The normalized spacial score (nSPS) is 24.2. The first kappa shape index (κ1) is 23.4. The van der Waals surface area contributed by atoms with Crippen LogP contribution < -0.4 is 4.74 Å². The Morgan fingerprint density at radius 2 is 1.88 bits per heavy atom. The van der Waals surface area contributed by atoms with Crippen LogP contribution in [0.15, 0.2) is 6.20 Å². The van der Waals surface area contributed by atoms with Gasteiger partial charge in [0.2, 0.25) is 0 Å². The second-order valence-electron chi connectivity index (χ2n) is 10.3. The van der Waals surface area contributed by atoms with E-state index in [1.54, 1.807) is 22.7 Å². The molecule has 180 valence electrons. The van der Waals surface area contributed by atoms with Crippen LogP contribution in [0.1, 0.15) is 78.2 Å². The molecule has 0 saturated heterocycles. The maximum absolute atomic E-state index is 12.5. The monoisotopic (exact) mass is 487 g/mol. The van der Waals surface area contributed by atoms with E-state index in [2.05, 4.69) is 9.88 Å². The molecule has 0 bridgehead atoms. The third-order valence-electron chi connectivity index (χ3n) is 7.78. The number of hydrogen-bond donors (Lipinski definition) is 0. The summed E-state index contributed by atoms with van der Waals surface area (Å²) in [7, 11) is 0. The van der Waals surface area contributed by atoms with Gasteiger partial charge in [-0.2, -0.15) is 0 Å². The number of carbonyl (C=O) groups is 1. The van der Waals surface area contributed by atoms with Gasteiger partial charge >= 0.3 is 0 Å². The number of nitrogens with zero attached hydrogens (tertiary/aromatic N) is 3. The number of ether oxygens (including phenoxy) is 1. The van der Waals surface area contributed by atoms with Gasteiger partial charge in [0.25, 0.3) is 5.19 Å². The summed E-state index contributed by atoms with van der Waals surface area (Å²) in [4.78, 5) is 26.8. The molecule has 7 heteroatoms. The molecule has 3 heterocycles. The molecular formula is C26H37N3O2S2. The van der Waals surface area contributed by atoms with E-state index in [1.807, 2.05) is 13.1 Å². The van der Waals surface area contributed by atoms with Crippen LogP contribution in [0, 0.1) is 18.8 Å². The third-order valence-corrected chi connectivity index (χ3v) is 9.74. The molecule has 0 radical (unpaired) electrons. The molecule has 0 unspecified atom stereocenters. The van der Waals surface area contributed by atoms with Crippen molar-refractivity contribution < 1.29 is 9.53 Å². The maximum Gasteiger partial charge on any atom is 0.273 e. The minimum absolute atomic E-state index is 0.397. The van der Waals surface area contributed by atoms with Gasteiger partial charge in [-0.15, -0.1) is 11.3 Å². The van der Waals surface area contributed by atoms with Gasteiger partial charge in [-0.3, -0.25) is 4.79 Å². The fraction of sp³-hybridized carbons (Fsp3) is 0.731. The highest BCUT2D eigenvalue weighted by atomic mass is 32.1. The molecule has 0 spiro atoms. The third kappa shape index (κ3) is 6.43. The molecule has 2 aliphatic carbocycles. The van der Waals surface area contributed by atoms with Crippen molar-refractivity contribution in [3.63, 3.8) is 0 Å². The van der Waals surface area contributed by atoms with E-state index in [9.17, 15) is 4.79 Å². The summed E-state index contributed by atoms with van der Waals surface area (Å²) in [5.74, 6) is 1.83. The molecule has 0 atom stereocenters. The first-order valence-corrected chi connectivity index (χ1v) is 14.5. The Bertz CT molecular complexity index is 902. The van der Waals surface area contributed by atoms with Crippen molar-refractivity contribution >= 4 is 28.5 Å². The Morgan fingerprint density at radius 3 is 2.61 bits per heavy atom. The quantitative estimate of drug-likeness (QED) is 0.458. The first-order valence-electron chi connectivity index (χ1n) is 12.9. The molecule has 5 rings (SSSR count). The molecule has 1 aliphatic heterocycles. The van der Waals surface area contributed by atoms with Crippen LogP contribution >= 0.6 is 22.7 Å². The number of ketones is 1. The van der Waals surface area contributed by atoms with Crippen molar-refractivity contribution in [2.45, 2.75) is 90.1 Å². The smallest absolute Gasteiger partial charge is 0.273 e. The van der Waals surface area contributed by atoms with E-state index in [0.29, 0.717) is 24.2 Å². The Morgan fingerprint density at radius 1 is 1.09 bits per heavy atom. The van der Waals surface area contributed by atoms with Gasteiger partial charge < -0.3 is 9.64 Å². The van der Waals surface area contributed by atoms with Crippen LogP contribution in [0.2, 0.25) is 0 Å². The predicted octanol–water partition coefficient (Wildman–Crippen LogP) is 5.64. The summed E-state index contributed by atoms with van der Waals surface area (Å²) in [5.41, 5.74) is 1.29. The first-order chi connectivity index (χ1) is 16.1. The number of aryl methyl sites for hydroxylation is 1. The average Bonchev–Trinajstić information content (AvgIpc) is 3.31. The molecule has 2 fully saturated rings. The SMILES string of the molecule is Cc1ncc(CC(=O)CC2CCC(CCN3CCc4nc(OC5CCC5)sc4CC3)CC2)s1. The zero-order valence-electron chi connectivity index (χ0n) is 19.9. The molecule has 0 amide bonds. The van der Waals surface area contributed by atoms with Crippen LogP contribution in [-0.4, -0.2) is 46.4 Å². The second kappa shape index (κ2) is 11.0. The van der Waals surface area contributed by atoms with E-state index in [-0.39, 0.29) is 0 Å². The topological polar surface area (TPSA) is 55.3 Å². The van der Waals surface area contributed by atoms with Crippen molar-refractivity contribution in [2.75, 3.05) is 19.6 Å². The van der Waals surface area contributed by atoms with Crippen molar-refractivity contribution in [1.82, 2.24) is 14.9 Å². The highest BCUT2D eigenvalue weighted by molar-refractivity contribution is 7.13. The van der Waals surface area contributed by atoms with Crippen LogP contribution in [0.4, 0.5) is 0 Å². The molecule has 5 nitrogen and oxygen atoms in total. The van der Waals surface area contributed by atoms with Crippen LogP contribution in [0.25, 0.3) is 0 Å². The zero-order chi connectivity index (χ0) is 22.6. The number of rotatable bonds is 9. The van der Waals surface area contributed by atoms with Crippen molar-refractivity contribution in [2.24, 2.45) is 11.8 Å². The van der Waals surface area contributed by atoms with Gasteiger partial charge in [-0.1, -0.05) is 24.2 Å². The second-order valence-corrected chi connectivity index (χ2v) is 12.7. The molecule has 33 heavy (non-hydrogen) atoms. The van der Waals surface area contributed by atoms with Crippen molar-refractivity contribution in [3.8, 4) is 5.19 Å². The fourth-order valence-electron chi connectivity index (χ4n) is 5.46. The maximum atomic E-state index is 12.5.